The van der Waals surface area contributed by atoms with Crippen molar-refractivity contribution in [3.63, 3.8) is 0 Å². The zero-order chi connectivity index (χ0) is 23.9. The molecule has 34 heavy (non-hydrogen) atoms. The van der Waals surface area contributed by atoms with Crippen molar-refractivity contribution in [1.82, 2.24) is 10.2 Å². The zero-order valence-corrected chi connectivity index (χ0v) is 19.5. The Balaban J connectivity index is 1.42. The Morgan fingerprint density at radius 2 is 1.74 bits per heavy atom. The third-order valence-electron chi connectivity index (χ3n) is 5.45. The molecule has 0 spiro atoms. The highest BCUT2D eigenvalue weighted by Gasteiger charge is 2.26. The van der Waals surface area contributed by atoms with E-state index in [1.165, 1.54) is 4.90 Å². The van der Waals surface area contributed by atoms with Crippen LogP contribution in [0.2, 0.25) is 5.02 Å². The van der Waals surface area contributed by atoms with Crippen LogP contribution in [0, 0.1) is 0 Å². The highest BCUT2D eigenvalue weighted by Crippen LogP contribution is 2.32. The largest absolute Gasteiger partial charge is 0.482 e. The van der Waals surface area contributed by atoms with Crippen LogP contribution in [0.1, 0.15) is 18.1 Å². The van der Waals surface area contributed by atoms with Crippen LogP contribution in [0.3, 0.4) is 0 Å². The number of nitrogens with one attached hydrogen (secondary N) is 1. The number of amides is 2. The fourth-order valence-corrected chi connectivity index (χ4v) is 3.73. The van der Waals surface area contributed by atoms with Gasteiger partial charge in [-0.05, 0) is 42.3 Å². The third kappa shape index (κ3) is 5.80. The normalized spacial score (nSPS) is 12.6. The number of fused-ring (bicyclic) bond motifs is 1. The standard InChI is InChI=1S/C26H25ClN2O5/c1-18(26(31)28-14-20-11-12-23-24(13-20)34-17-33-23)29(15-19-7-3-2-4-8-19)25(30)16-32-22-10-6-5-9-21(22)27/h2-13,18H,14-17H2,1H3,(H,28,31). The van der Waals surface area contributed by atoms with E-state index in [0.717, 1.165) is 11.1 Å². The molecule has 3 aromatic rings. The highest BCUT2D eigenvalue weighted by atomic mass is 35.5. The molecule has 1 aliphatic rings. The highest BCUT2D eigenvalue weighted by molar-refractivity contribution is 6.32. The van der Waals surface area contributed by atoms with Crippen LogP contribution in [0.5, 0.6) is 17.2 Å². The second kappa shape index (κ2) is 10.9. The van der Waals surface area contributed by atoms with Crippen molar-refractivity contribution in [2.45, 2.75) is 26.1 Å². The summed E-state index contributed by atoms with van der Waals surface area (Å²) in [6.07, 6.45) is 0. The van der Waals surface area contributed by atoms with E-state index in [9.17, 15) is 9.59 Å². The molecule has 4 rings (SSSR count). The molecule has 1 atom stereocenters. The topological polar surface area (TPSA) is 77.1 Å². The van der Waals surface area contributed by atoms with Crippen molar-refractivity contribution in [2.75, 3.05) is 13.4 Å². The lowest BCUT2D eigenvalue weighted by Gasteiger charge is -2.29. The maximum Gasteiger partial charge on any atom is 0.261 e. The van der Waals surface area contributed by atoms with Gasteiger partial charge in [0.25, 0.3) is 5.91 Å². The molecule has 0 radical (unpaired) electrons. The van der Waals surface area contributed by atoms with E-state index in [0.29, 0.717) is 28.8 Å². The fraction of sp³-hybridized carbons (Fsp3) is 0.231. The molecule has 0 aromatic heterocycles. The van der Waals surface area contributed by atoms with Crippen molar-refractivity contribution in [1.29, 1.82) is 0 Å². The smallest absolute Gasteiger partial charge is 0.261 e. The molecule has 0 saturated carbocycles. The van der Waals surface area contributed by atoms with Crippen molar-refractivity contribution >= 4 is 23.4 Å². The third-order valence-corrected chi connectivity index (χ3v) is 5.77. The van der Waals surface area contributed by atoms with Gasteiger partial charge in [-0.15, -0.1) is 0 Å². The van der Waals surface area contributed by atoms with Gasteiger partial charge in [0, 0.05) is 13.1 Å². The van der Waals surface area contributed by atoms with Gasteiger partial charge in [-0.2, -0.15) is 0 Å². The number of benzene rings is 3. The molecule has 1 aliphatic heterocycles. The number of ether oxygens (including phenoxy) is 3. The first-order valence-electron chi connectivity index (χ1n) is 10.9. The Morgan fingerprint density at radius 1 is 1.00 bits per heavy atom. The van der Waals surface area contributed by atoms with Gasteiger partial charge in [0.15, 0.2) is 18.1 Å². The summed E-state index contributed by atoms with van der Waals surface area (Å²) in [5.41, 5.74) is 1.77. The molecule has 3 aromatic carbocycles. The summed E-state index contributed by atoms with van der Waals surface area (Å²) in [5.74, 6) is 1.14. The number of carbonyl (C=O) groups excluding carboxylic acids is 2. The van der Waals surface area contributed by atoms with Gasteiger partial charge >= 0.3 is 0 Å². The predicted octanol–water partition coefficient (Wildman–Crippen LogP) is 4.18. The maximum absolute atomic E-state index is 13.1. The summed E-state index contributed by atoms with van der Waals surface area (Å²) in [5, 5.41) is 3.32. The Morgan fingerprint density at radius 3 is 2.53 bits per heavy atom. The summed E-state index contributed by atoms with van der Waals surface area (Å²) in [7, 11) is 0. The van der Waals surface area contributed by atoms with Gasteiger partial charge in [0.1, 0.15) is 11.8 Å². The van der Waals surface area contributed by atoms with Crippen LogP contribution in [0.25, 0.3) is 0 Å². The first kappa shape index (κ1) is 23.4. The average Bonchev–Trinajstić information content (AvgIpc) is 3.33. The molecule has 2 amide bonds. The molecule has 0 aliphatic carbocycles. The van der Waals surface area contributed by atoms with Gasteiger partial charge in [0.2, 0.25) is 12.7 Å². The molecule has 8 heteroatoms. The zero-order valence-electron chi connectivity index (χ0n) is 18.7. The Labute approximate surface area is 203 Å². The lowest BCUT2D eigenvalue weighted by atomic mass is 10.1. The first-order chi connectivity index (χ1) is 16.5. The van der Waals surface area contributed by atoms with Gasteiger partial charge < -0.3 is 24.4 Å². The minimum Gasteiger partial charge on any atom is -0.482 e. The number of para-hydroxylation sites is 1. The molecule has 1 N–H and O–H groups in total. The molecule has 176 valence electrons. The molecule has 1 heterocycles. The van der Waals surface area contributed by atoms with E-state index in [1.807, 2.05) is 48.5 Å². The fourth-order valence-electron chi connectivity index (χ4n) is 3.53. The number of halogens is 1. The predicted molar refractivity (Wildman–Crippen MR) is 128 cm³/mol. The van der Waals surface area contributed by atoms with E-state index in [1.54, 1.807) is 31.2 Å². The van der Waals surface area contributed by atoms with Crippen LogP contribution in [-0.2, 0) is 22.7 Å². The van der Waals surface area contributed by atoms with Crippen LogP contribution >= 0.6 is 11.6 Å². The Bertz CT molecular complexity index is 1150. The second-order valence-corrected chi connectivity index (χ2v) is 8.21. The van der Waals surface area contributed by atoms with Crippen LogP contribution in [0.15, 0.2) is 72.8 Å². The van der Waals surface area contributed by atoms with Gasteiger partial charge in [-0.1, -0.05) is 60.1 Å². The quantitative estimate of drug-likeness (QED) is 0.497. The second-order valence-electron chi connectivity index (χ2n) is 7.81. The first-order valence-corrected chi connectivity index (χ1v) is 11.3. The molecule has 7 nitrogen and oxygen atoms in total. The molecule has 1 unspecified atom stereocenters. The van der Waals surface area contributed by atoms with E-state index >= 15 is 0 Å². The summed E-state index contributed by atoms with van der Waals surface area (Å²) >= 11 is 6.13. The number of hydrogen-bond donors (Lipinski definition) is 1. The summed E-state index contributed by atoms with van der Waals surface area (Å²) in [4.78, 5) is 27.6. The molecule has 0 saturated heterocycles. The minimum absolute atomic E-state index is 0.189. The monoisotopic (exact) mass is 480 g/mol. The van der Waals surface area contributed by atoms with Crippen molar-refractivity contribution < 1.29 is 23.8 Å². The minimum atomic E-state index is -0.725. The number of carbonyl (C=O) groups is 2. The number of rotatable bonds is 9. The Hall–Kier alpha value is -3.71. The van der Waals surface area contributed by atoms with Gasteiger partial charge in [-0.25, -0.2) is 0 Å². The van der Waals surface area contributed by atoms with Crippen LogP contribution < -0.4 is 19.5 Å². The van der Waals surface area contributed by atoms with E-state index in [-0.39, 0.29) is 31.8 Å². The Kier molecular flexibility index (Phi) is 7.54. The molecule has 0 bridgehead atoms. The van der Waals surface area contributed by atoms with Crippen LogP contribution in [0.4, 0.5) is 0 Å². The summed E-state index contributed by atoms with van der Waals surface area (Å²) in [6, 6.07) is 21.2. The summed E-state index contributed by atoms with van der Waals surface area (Å²) < 4.78 is 16.3. The number of hydrogen-bond acceptors (Lipinski definition) is 5. The average molecular weight is 481 g/mol. The van der Waals surface area contributed by atoms with Gasteiger partial charge in [0.05, 0.1) is 5.02 Å². The molecule has 0 fully saturated rings. The van der Waals surface area contributed by atoms with Crippen LogP contribution in [-0.4, -0.2) is 36.2 Å². The van der Waals surface area contributed by atoms with Gasteiger partial charge in [-0.3, -0.25) is 9.59 Å². The molecular formula is C26H25ClN2O5. The summed E-state index contributed by atoms with van der Waals surface area (Å²) in [6.45, 7) is 2.21. The van der Waals surface area contributed by atoms with Crippen molar-refractivity contribution in [3.05, 3.63) is 88.9 Å². The maximum atomic E-state index is 13.1. The lowest BCUT2D eigenvalue weighted by molar-refractivity contribution is -0.142. The lowest BCUT2D eigenvalue weighted by Crippen LogP contribution is -2.48. The van der Waals surface area contributed by atoms with Crippen molar-refractivity contribution in [3.8, 4) is 17.2 Å². The number of nitrogens with zero attached hydrogens (tertiary/aromatic N) is 1. The molecular weight excluding hydrogens is 456 g/mol. The van der Waals surface area contributed by atoms with E-state index in [2.05, 4.69) is 5.32 Å². The van der Waals surface area contributed by atoms with Crippen molar-refractivity contribution in [2.24, 2.45) is 0 Å². The van der Waals surface area contributed by atoms with E-state index in [4.69, 9.17) is 25.8 Å². The SMILES string of the molecule is CC(C(=O)NCc1ccc2c(c1)OCO2)N(Cc1ccccc1)C(=O)COc1ccccc1Cl. The van der Waals surface area contributed by atoms with E-state index < -0.39 is 6.04 Å².